The Morgan fingerprint density at radius 3 is 3.05 bits per heavy atom. The molecular weight excluding hydrogens is 252 g/mol. The van der Waals surface area contributed by atoms with E-state index in [0.717, 1.165) is 25.1 Å². The first kappa shape index (κ1) is 13.3. The van der Waals surface area contributed by atoms with E-state index in [1.807, 2.05) is 17.8 Å². The van der Waals surface area contributed by atoms with Crippen molar-refractivity contribution < 1.29 is 4.74 Å². The van der Waals surface area contributed by atoms with E-state index < -0.39 is 0 Å². The van der Waals surface area contributed by atoms with Crippen molar-refractivity contribution in [1.29, 1.82) is 0 Å². The molecule has 1 aromatic heterocycles. The summed E-state index contributed by atoms with van der Waals surface area (Å²) < 4.78 is 7.80. The van der Waals surface area contributed by atoms with E-state index in [0.29, 0.717) is 0 Å². The summed E-state index contributed by atoms with van der Waals surface area (Å²) in [5.41, 5.74) is 6.61. The van der Waals surface area contributed by atoms with E-state index in [9.17, 15) is 0 Å². The van der Waals surface area contributed by atoms with Gasteiger partial charge in [0.15, 0.2) is 0 Å². The van der Waals surface area contributed by atoms with Crippen LogP contribution in [0.15, 0.2) is 36.5 Å². The molecule has 2 unspecified atom stereocenters. The molecule has 2 heterocycles. The highest BCUT2D eigenvalue weighted by molar-refractivity contribution is 5.31. The van der Waals surface area contributed by atoms with Crippen molar-refractivity contribution in [2.45, 2.75) is 25.0 Å². The maximum Gasteiger partial charge on any atom is 0.0847 e. The summed E-state index contributed by atoms with van der Waals surface area (Å²) >= 11 is 0. The molecule has 3 rings (SSSR count). The lowest BCUT2D eigenvalue weighted by Crippen LogP contribution is -2.32. The molecule has 5 heteroatoms. The van der Waals surface area contributed by atoms with Crippen LogP contribution in [0.25, 0.3) is 0 Å². The predicted molar refractivity (Wildman–Crippen MR) is 76.7 cm³/mol. The number of rotatable bonds is 4. The standard InChI is InChI=1S/C15H20N4O/c1-19-14(6-8-17-19)13(18-16)10-15-12-5-3-2-4-11(12)7-9-20-15/h2-6,8,13,15,18H,7,9-10,16H2,1H3. The lowest BCUT2D eigenvalue weighted by Gasteiger charge is -2.29. The molecule has 2 aromatic rings. The minimum Gasteiger partial charge on any atom is -0.373 e. The molecule has 1 aliphatic rings. The van der Waals surface area contributed by atoms with Crippen LogP contribution >= 0.6 is 0 Å². The zero-order chi connectivity index (χ0) is 13.9. The lowest BCUT2D eigenvalue weighted by molar-refractivity contribution is 0.0287. The van der Waals surface area contributed by atoms with E-state index in [2.05, 4.69) is 34.8 Å². The van der Waals surface area contributed by atoms with Gasteiger partial charge in [0.1, 0.15) is 0 Å². The highest BCUT2D eigenvalue weighted by atomic mass is 16.5. The van der Waals surface area contributed by atoms with Gasteiger partial charge in [-0.05, 0) is 23.6 Å². The van der Waals surface area contributed by atoms with E-state index in [4.69, 9.17) is 10.6 Å². The maximum absolute atomic E-state index is 5.95. The summed E-state index contributed by atoms with van der Waals surface area (Å²) in [6.07, 6.45) is 3.65. The number of nitrogens with zero attached hydrogens (tertiary/aromatic N) is 2. The average molecular weight is 272 g/mol. The van der Waals surface area contributed by atoms with Crippen molar-refractivity contribution in [3.63, 3.8) is 0 Å². The van der Waals surface area contributed by atoms with Gasteiger partial charge in [-0.25, -0.2) is 0 Å². The van der Waals surface area contributed by atoms with Crippen molar-refractivity contribution in [1.82, 2.24) is 15.2 Å². The number of hydrogen-bond donors (Lipinski definition) is 2. The summed E-state index contributed by atoms with van der Waals surface area (Å²) in [7, 11) is 1.93. The minimum atomic E-state index is 0.0265. The van der Waals surface area contributed by atoms with Crippen molar-refractivity contribution in [2.24, 2.45) is 12.9 Å². The number of aryl methyl sites for hydroxylation is 1. The molecule has 0 bridgehead atoms. The molecule has 20 heavy (non-hydrogen) atoms. The van der Waals surface area contributed by atoms with Crippen LogP contribution in [0.2, 0.25) is 0 Å². The maximum atomic E-state index is 5.95. The number of ether oxygens (including phenoxy) is 1. The summed E-state index contributed by atoms with van der Waals surface area (Å²) in [6.45, 7) is 0.768. The molecule has 0 aliphatic carbocycles. The van der Waals surface area contributed by atoms with Crippen molar-refractivity contribution >= 4 is 0 Å². The van der Waals surface area contributed by atoms with Crippen molar-refractivity contribution in [2.75, 3.05) is 6.61 Å². The van der Waals surface area contributed by atoms with Gasteiger partial charge in [0, 0.05) is 19.7 Å². The second kappa shape index (κ2) is 5.75. The van der Waals surface area contributed by atoms with Crippen LogP contribution in [-0.2, 0) is 18.2 Å². The molecule has 0 fully saturated rings. The first-order chi connectivity index (χ1) is 9.79. The number of nitrogens with two attached hydrogens (primary N) is 1. The summed E-state index contributed by atoms with van der Waals surface area (Å²) in [6, 6.07) is 10.5. The number of benzene rings is 1. The van der Waals surface area contributed by atoms with E-state index >= 15 is 0 Å². The van der Waals surface area contributed by atoms with Gasteiger partial charge in [-0.2, -0.15) is 5.10 Å². The monoisotopic (exact) mass is 272 g/mol. The lowest BCUT2D eigenvalue weighted by atomic mass is 9.93. The second-order valence-corrected chi connectivity index (χ2v) is 5.14. The normalized spacial score (nSPS) is 19.6. The van der Waals surface area contributed by atoms with Gasteiger partial charge < -0.3 is 4.74 Å². The molecule has 0 spiro atoms. The fraction of sp³-hybridized carbons (Fsp3) is 0.400. The van der Waals surface area contributed by atoms with Crippen LogP contribution in [0.5, 0.6) is 0 Å². The predicted octanol–water partition coefficient (Wildman–Crippen LogP) is 1.63. The Morgan fingerprint density at radius 1 is 1.45 bits per heavy atom. The molecule has 106 valence electrons. The van der Waals surface area contributed by atoms with Gasteiger partial charge in [0.2, 0.25) is 0 Å². The summed E-state index contributed by atoms with van der Waals surface area (Å²) in [4.78, 5) is 0. The molecular formula is C15H20N4O. The first-order valence-electron chi connectivity index (χ1n) is 6.93. The summed E-state index contributed by atoms with van der Waals surface area (Å²) in [5, 5.41) is 4.20. The smallest absolute Gasteiger partial charge is 0.0847 e. The largest absolute Gasteiger partial charge is 0.373 e. The molecule has 1 aliphatic heterocycles. The van der Waals surface area contributed by atoms with E-state index in [-0.39, 0.29) is 12.1 Å². The van der Waals surface area contributed by atoms with E-state index in [1.54, 1.807) is 6.20 Å². The number of hydrogen-bond acceptors (Lipinski definition) is 4. The topological polar surface area (TPSA) is 65.1 Å². The summed E-state index contributed by atoms with van der Waals surface area (Å²) in [5.74, 6) is 5.72. The molecule has 2 atom stereocenters. The Kier molecular flexibility index (Phi) is 3.82. The number of nitrogens with one attached hydrogen (secondary N) is 1. The van der Waals surface area contributed by atoms with E-state index in [1.165, 1.54) is 11.1 Å². The van der Waals surface area contributed by atoms with Crippen LogP contribution in [0.1, 0.15) is 35.4 Å². The quantitative estimate of drug-likeness (QED) is 0.656. The molecule has 0 amide bonds. The Labute approximate surface area is 118 Å². The number of aromatic nitrogens is 2. The van der Waals surface area contributed by atoms with Gasteiger partial charge in [-0.3, -0.25) is 16.0 Å². The zero-order valence-corrected chi connectivity index (χ0v) is 11.6. The van der Waals surface area contributed by atoms with Gasteiger partial charge >= 0.3 is 0 Å². The Balaban J connectivity index is 1.82. The molecule has 5 nitrogen and oxygen atoms in total. The molecule has 0 radical (unpaired) electrons. The third-order valence-electron chi connectivity index (χ3n) is 3.96. The van der Waals surface area contributed by atoms with Crippen molar-refractivity contribution in [3.05, 3.63) is 53.3 Å². The fourth-order valence-corrected chi connectivity index (χ4v) is 2.89. The Bertz CT molecular complexity index is 581. The molecule has 3 N–H and O–H groups in total. The Hall–Kier alpha value is -1.69. The van der Waals surface area contributed by atoms with Crippen LogP contribution in [-0.4, -0.2) is 16.4 Å². The van der Waals surface area contributed by atoms with Gasteiger partial charge in [-0.1, -0.05) is 24.3 Å². The third kappa shape index (κ3) is 2.47. The highest BCUT2D eigenvalue weighted by Gasteiger charge is 2.25. The van der Waals surface area contributed by atoms with Crippen molar-refractivity contribution in [3.8, 4) is 0 Å². The van der Waals surface area contributed by atoms with Crippen LogP contribution in [0.4, 0.5) is 0 Å². The van der Waals surface area contributed by atoms with Gasteiger partial charge in [0.05, 0.1) is 24.4 Å². The molecule has 1 aromatic carbocycles. The highest BCUT2D eigenvalue weighted by Crippen LogP contribution is 2.33. The van der Waals surface area contributed by atoms with Crippen LogP contribution in [0, 0.1) is 0 Å². The van der Waals surface area contributed by atoms with Crippen LogP contribution in [0.3, 0.4) is 0 Å². The van der Waals surface area contributed by atoms with Gasteiger partial charge in [0.25, 0.3) is 0 Å². The second-order valence-electron chi connectivity index (χ2n) is 5.14. The van der Waals surface area contributed by atoms with Crippen LogP contribution < -0.4 is 11.3 Å². The fourth-order valence-electron chi connectivity index (χ4n) is 2.89. The first-order valence-corrected chi connectivity index (χ1v) is 6.93. The average Bonchev–Trinajstić information content (AvgIpc) is 2.91. The zero-order valence-electron chi connectivity index (χ0n) is 11.6. The number of fused-ring (bicyclic) bond motifs is 1. The Morgan fingerprint density at radius 2 is 2.30 bits per heavy atom. The third-order valence-corrected chi connectivity index (χ3v) is 3.96. The molecule has 0 saturated carbocycles. The number of hydrazine groups is 1. The SMILES string of the molecule is Cn1nccc1C(CC1OCCc2ccccc21)NN. The minimum absolute atomic E-state index is 0.0265. The van der Waals surface area contributed by atoms with Gasteiger partial charge in [-0.15, -0.1) is 0 Å². The molecule has 0 saturated heterocycles.